The van der Waals surface area contributed by atoms with Crippen LogP contribution in [0.25, 0.3) is 22.0 Å². The van der Waals surface area contributed by atoms with Crippen molar-refractivity contribution in [1.82, 2.24) is 10.2 Å². The van der Waals surface area contributed by atoms with Gasteiger partial charge < -0.3 is 4.74 Å². The first-order valence-electron chi connectivity index (χ1n) is 5.84. The monoisotopic (exact) mass is 270 g/mol. The van der Waals surface area contributed by atoms with Crippen LogP contribution in [0.1, 0.15) is 0 Å². The minimum Gasteiger partial charge on any atom is -0.497 e. The zero-order chi connectivity index (χ0) is 13.2. The van der Waals surface area contributed by atoms with Crippen LogP contribution in [0.3, 0.4) is 0 Å². The van der Waals surface area contributed by atoms with Crippen LogP contribution in [0.15, 0.2) is 48.5 Å². The van der Waals surface area contributed by atoms with E-state index in [1.807, 2.05) is 36.4 Å². The highest BCUT2D eigenvalue weighted by atomic mass is 35.5. The third-order valence-electron chi connectivity index (χ3n) is 2.98. The molecule has 0 atom stereocenters. The van der Waals surface area contributed by atoms with Crippen LogP contribution in [0.5, 0.6) is 5.75 Å². The standard InChI is InChI=1S/C15H11ClN2O/c1-19-13-5-4-10-8-12(3-2-11(10)9-13)14-6-7-15(16)18-17-14/h2-9H,1H3. The molecule has 0 fully saturated rings. The SMILES string of the molecule is COc1ccc2cc(-c3ccc(Cl)nn3)ccc2c1. The Labute approximate surface area is 115 Å². The molecule has 0 saturated carbocycles. The van der Waals surface area contributed by atoms with Crippen molar-refractivity contribution in [2.45, 2.75) is 0 Å². The number of halogens is 1. The summed E-state index contributed by atoms with van der Waals surface area (Å²) < 4.78 is 5.21. The number of ether oxygens (including phenoxy) is 1. The van der Waals surface area contributed by atoms with Gasteiger partial charge >= 0.3 is 0 Å². The molecule has 0 aliphatic heterocycles. The van der Waals surface area contributed by atoms with Gasteiger partial charge in [-0.1, -0.05) is 29.8 Å². The van der Waals surface area contributed by atoms with Gasteiger partial charge in [0.25, 0.3) is 0 Å². The number of hydrogen-bond donors (Lipinski definition) is 0. The Kier molecular flexibility index (Phi) is 3.05. The van der Waals surface area contributed by atoms with Gasteiger partial charge in [-0.3, -0.25) is 0 Å². The number of rotatable bonds is 2. The lowest BCUT2D eigenvalue weighted by atomic mass is 10.0. The molecular weight excluding hydrogens is 260 g/mol. The van der Waals surface area contributed by atoms with Crippen molar-refractivity contribution in [3.8, 4) is 17.0 Å². The van der Waals surface area contributed by atoms with Crippen LogP contribution in [0.4, 0.5) is 0 Å². The molecule has 4 heteroatoms. The molecule has 0 bridgehead atoms. The van der Waals surface area contributed by atoms with E-state index in [9.17, 15) is 0 Å². The van der Waals surface area contributed by atoms with E-state index in [0.717, 1.165) is 27.8 Å². The molecule has 3 aromatic rings. The van der Waals surface area contributed by atoms with E-state index in [4.69, 9.17) is 16.3 Å². The number of benzene rings is 2. The number of fused-ring (bicyclic) bond motifs is 1. The van der Waals surface area contributed by atoms with Crippen molar-refractivity contribution in [2.75, 3.05) is 7.11 Å². The number of hydrogen-bond acceptors (Lipinski definition) is 3. The normalized spacial score (nSPS) is 10.6. The van der Waals surface area contributed by atoms with Crippen LogP contribution >= 0.6 is 11.6 Å². The third kappa shape index (κ3) is 2.37. The summed E-state index contributed by atoms with van der Waals surface area (Å²) in [6.45, 7) is 0. The fraction of sp³-hybridized carbons (Fsp3) is 0.0667. The molecule has 3 rings (SSSR count). The number of nitrogens with zero attached hydrogens (tertiary/aromatic N) is 2. The first-order valence-corrected chi connectivity index (χ1v) is 6.21. The Bertz CT molecular complexity index is 726. The Morgan fingerprint density at radius 1 is 0.895 bits per heavy atom. The van der Waals surface area contributed by atoms with Gasteiger partial charge in [-0.2, -0.15) is 0 Å². The average molecular weight is 271 g/mol. The minimum absolute atomic E-state index is 0.397. The molecule has 1 heterocycles. The molecule has 0 aliphatic carbocycles. The van der Waals surface area contributed by atoms with Gasteiger partial charge in [0, 0.05) is 5.56 Å². The lowest BCUT2D eigenvalue weighted by Crippen LogP contribution is -1.88. The molecule has 0 spiro atoms. The number of methoxy groups -OCH3 is 1. The molecule has 0 aliphatic rings. The molecule has 0 amide bonds. The summed E-state index contributed by atoms with van der Waals surface area (Å²) in [5.74, 6) is 0.853. The quantitative estimate of drug-likeness (QED) is 0.707. The summed E-state index contributed by atoms with van der Waals surface area (Å²) in [5.41, 5.74) is 1.82. The predicted molar refractivity (Wildman–Crippen MR) is 76.5 cm³/mol. The van der Waals surface area contributed by atoms with Crippen LogP contribution in [-0.4, -0.2) is 17.3 Å². The first-order chi connectivity index (χ1) is 9.26. The first kappa shape index (κ1) is 11.9. The molecule has 2 aromatic carbocycles. The Morgan fingerprint density at radius 3 is 2.42 bits per heavy atom. The summed E-state index contributed by atoms with van der Waals surface area (Å²) in [5, 5.41) is 10.6. The zero-order valence-electron chi connectivity index (χ0n) is 10.3. The lowest BCUT2D eigenvalue weighted by Gasteiger charge is -2.05. The van der Waals surface area contributed by atoms with Crippen molar-refractivity contribution in [1.29, 1.82) is 0 Å². The summed E-state index contributed by atoms with van der Waals surface area (Å²) in [7, 11) is 1.67. The molecule has 1 aromatic heterocycles. The van der Waals surface area contributed by atoms with Crippen molar-refractivity contribution in [2.24, 2.45) is 0 Å². The fourth-order valence-electron chi connectivity index (χ4n) is 1.98. The van der Waals surface area contributed by atoms with E-state index in [2.05, 4.69) is 16.3 Å². The highest BCUT2D eigenvalue weighted by Gasteiger charge is 2.03. The Hall–Kier alpha value is -2.13. The van der Waals surface area contributed by atoms with Gasteiger partial charge in [-0.05, 0) is 41.1 Å². The lowest BCUT2D eigenvalue weighted by molar-refractivity contribution is 0.415. The number of aromatic nitrogens is 2. The molecule has 0 unspecified atom stereocenters. The van der Waals surface area contributed by atoms with Crippen molar-refractivity contribution in [3.63, 3.8) is 0 Å². The van der Waals surface area contributed by atoms with E-state index < -0.39 is 0 Å². The second kappa shape index (κ2) is 4.86. The Morgan fingerprint density at radius 2 is 1.68 bits per heavy atom. The van der Waals surface area contributed by atoms with Crippen LogP contribution in [-0.2, 0) is 0 Å². The van der Waals surface area contributed by atoms with E-state index in [1.165, 1.54) is 0 Å². The maximum absolute atomic E-state index is 5.74. The summed E-state index contributed by atoms with van der Waals surface area (Å²) in [6.07, 6.45) is 0. The van der Waals surface area contributed by atoms with E-state index >= 15 is 0 Å². The third-order valence-corrected chi connectivity index (χ3v) is 3.18. The molecule has 0 N–H and O–H groups in total. The minimum atomic E-state index is 0.397. The van der Waals surface area contributed by atoms with Gasteiger partial charge in [0.1, 0.15) is 5.75 Å². The van der Waals surface area contributed by atoms with Crippen LogP contribution in [0.2, 0.25) is 5.15 Å². The summed E-state index contributed by atoms with van der Waals surface area (Å²) >= 11 is 5.74. The van der Waals surface area contributed by atoms with Gasteiger partial charge in [0.15, 0.2) is 5.15 Å². The van der Waals surface area contributed by atoms with Crippen molar-refractivity contribution in [3.05, 3.63) is 53.7 Å². The summed E-state index contributed by atoms with van der Waals surface area (Å²) in [4.78, 5) is 0. The van der Waals surface area contributed by atoms with Gasteiger partial charge in [0.2, 0.25) is 0 Å². The zero-order valence-corrected chi connectivity index (χ0v) is 11.1. The van der Waals surface area contributed by atoms with E-state index in [0.29, 0.717) is 5.15 Å². The Balaban J connectivity index is 2.08. The average Bonchev–Trinajstić information content (AvgIpc) is 2.47. The fourth-order valence-corrected chi connectivity index (χ4v) is 2.08. The molecule has 94 valence electrons. The molecule has 3 nitrogen and oxygen atoms in total. The molecule has 0 radical (unpaired) electrons. The second-order valence-electron chi connectivity index (χ2n) is 4.17. The molecule has 19 heavy (non-hydrogen) atoms. The topological polar surface area (TPSA) is 35.0 Å². The molecule has 0 saturated heterocycles. The van der Waals surface area contributed by atoms with Crippen molar-refractivity contribution < 1.29 is 4.74 Å². The molecular formula is C15H11ClN2O. The highest BCUT2D eigenvalue weighted by Crippen LogP contribution is 2.26. The predicted octanol–water partition coefficient (Wildman–Crippen LogP) is 3.96. The second-order valence-corrected chi connectivity index (χ2v) is 4.56. The van der Waals surface area contributed by atoms with Crippen LogP contribution in [0, 0.1) is 0 Å². The van der Waals surface area contributed by atoms with Gasteiger partial charge in [-0.15, -0.1) is 10.2 Å². The maximum atomic E-state index is 5.74. The highest BCUT2D eigenvalue weighted by molar-refractivity contribution is 6.29. The van der Waals surface area contributed by atoms with Crippen LogP contribution < -0.4 is 4.74 Å². The van der Waals surface area contributed by atoms with E-state index in [-0.39, 0.29) is 0 Å². The largest absolute Gasteiger partial charge is 0.497 e. The van der Waals surface area contributed by atoms with E-state index in [1.54, 1.807) is 13.2 Å². The van der Waals surface area contributed by atoms with Gasteiger partial charge in [0.05, 0.1) is 12.8 Å². The van der Waals surface area contributed by atoms with Crippen molar-refractivity contribution >= 4 is 22.4 Å². The maximum Gasteiger partial charge on any atom is 0.151 e. The van der Waals surface area contributed by atoms with Gasteiger partial charge in [-0.25, -0.2) is 0 Å². The summed E-state index contributed by atoms with van der Waals surface area (Å²) in [6, 6.07) is 15.7. The smallest absolute Gasteiger partial charge is 0.151 e.